The summed E-state index contributed by atoms with van der Waals surface area (Å²) in [5.41, 5.74) is 3.14. The Balaban J connectivity index is 1.71. The van der Waals surface area contributed by atoms with Gasteiger partial charge in [0.05, 0.1) is 16.9 Å². The molecular formula is C20H20N2O3. The molecule has 0 N–H and O–H groups in total. The van der Waals surface area contributed by atoms with Gasteiger partial charge in [0, 0.05) is 29.8 Å². The van der Waals surface area contributed by atoms with Gasteiger partial charge in [-0.05, 0) is 37.5 Å². The van der Waals surface area contributed by atoms with Crippen molar-refractivity contribution in [1.29, 1.82) is 0 Å². The van der Waals surface area contributed by atoms with Crippen LogP contribution in [0.25, 0.3) is 0 Å². The van der Waals surface area contributed by atoms with Crippen LogP contribution in [0.15, 0.2) is 42.5 Å². The summed E-state index contributed by atoms with van der Waals surface area (Å²) in [5, 5.41) is 11.1. The van der Waals surface area contributed by atoms with Gasteiger partial charge in [0.1, 0.15) is 5.75 Å². The van der Waals surface area contributed by atoms with E-state index in [1.54, 1.807) is 18.2 Å². The number of anilines is 1. The first-order valence-electron chi connectivity index (χ1n) is 8.89. The highest BCUT2D eigenvalue weighted by Crippen LogP contribution is 2.61. The average molecular weight is 336 g/mol. The van der Waals surface area contributed by atoms with Crippen molar-refractivity contribution in [2.24, 2.45) is 0 Å². The molecule has 2 aromatic rings. The van der Waals surface area contributed by atoms with E-state index in [4.69, 9.17) is 4.74 Å². The standard InChI is InChI=1S/C20H20N2O3/c1-19-10-4-5-11-20(19)21(17-7-3-2-6-16(17)19)13-14-12-15(22(23)24)8-9-18(14)25-20/h2-3,6-9,12H,4-5,10-11,13H2,1H3/t19-,20+/m0/s1. The van der Waals surface area contributed by atoms with E-state index in [0.29, 0.717) is 6.54 Å². The molecule has 0 unspecified atom stereocenters. The molecule has 1 saturated carbocycles. The predicted molar refractivity (Wildman–Crippen MR) is 94.9 cm³/mol. The van der Waals surface area contributed by atoms with Crippen molar-refractivity contribution in [2.75, 3.05) is 4.90 Å². The van der Waals surface area contributed by atoms with Gasteiger partial charge >= 0.3 is 0 Å². The fourth-order valence-corrected chi connectivity index (χ4v) is 5.15. The summed E-state index contributed by atoms with van der Waals surface area (Å²) in [5.74, 6) is 0.794. The lowest BCUT2D eigenvalue weighted by Crippen LogP contribution is -2.63. The first-order valence-corrected chi connectivity index (χ1v) is 8.89. The van der Waals surface area contributed by atoms with Crippen LogP contribution >= 0.6 is 0 Å². The molecule has 0 bridgehead atoms. The zero-order valence-corrected chi connectivity index (χ0v) is 14.2. The number of non-ortho nitro benzene ring substituents is 1. The Bertz CT molecular complexity index is 896. The number of benzene rings is 2. The Labute approximate surface area is 146 Å². The molecular weight excluding hydrogens is 316 g/mol. The summed E-state index contributed by atoms with van der Waals surface area (Å²) < 4.78 is 6.67. The molecule has 25 heavy (non-hydrogen) atoms. The zero-order chi connectivity index (χ0) is 17.2. The normalized spacial score (nSPS) is 29.1. The lowest BCUT2D eigenvalue weighted by molar-refractivity contribution is -0.385. The second-order valence-electron chi connectivity index (χ2n) is 7.58. The minimum atomic E-state index is -0.377. The van der Waals surface area contributed by atoms with E-state index in [0.717, 1.165) is 30.6 Å². The van der Waals surface area contributed by atoms with Gasteiger partial charge in [-0.15, -0.1) is 0 Å². The van der Waals surface area contributed by atoms with Crippen LogP contribution in [0.4, 0.5) is 11.4 Å². The van der Waals surface area contributed by atoms with Gasteiger partial charge < -0.3 is 9.64 Å². The van der Waals surface area contributed by atoms with E-state index in [2.05, 4.69) is 36.1 Å². The molecule has 1 fully saturated rings. The second-order valence-corrected chi connectivity index (χ2v) is 7.58. The number of para-hydroxylation sites is 1. The van der Waals surface area contributed by atoms with Crippen LogP contribution in [0.2, 0.25) is 0 Å². The van der Waals surface area contributed by atoms with Gasteiger partial charge in [0.25, 0.3) is 5.69 Å². The summed E-state index contributed by atoms with van der Waals surface area (Å²) >= 11 is 0. The minimum absolute atomic E-state index is 0.0543. The molecule has 5 heteroatoms. The fraction of sp³-hybridized carbons (Fsp3) is 0.400. The molecule has 3 aliphatic rings. The van der Waals surface area contributed by atoms with Crippen molar-refractivity contribution in [1.82, 2.24) is 0 Å². The SMILES string of the molecule is C[C@@]12CCCC[C@@]13Oc1ccc([N+](=O)[O-])cc1CN3c1ccccc12. The predicted octanol–water partition coefficient (Wildman–Crippen LogP) is 4.54. The third-order valence-electron chi connectivity index (χ3n) is 6.39. The lowest BCUT2D eigenvalue weighted by atomic mass is 9.66. The van der Waals surface area contributed by atoms with Gasteiger partial charge in [-0.3, -0.25) is 10.1 Å². The molecule has 0 radical (unpaired) electrons. The van der Waals surface area contributed by atoms with Crippen LogP contribution in [0.1, 0.15) is 43.7 Å². The number of rotatable bonds is 1. The molecule has 0 amide bonds. The van der Waals surface area contributed by atoms with Gasteiger partial charge in [-0.2, -0.15) is 0 Å². The van der Waals surface area contributed by atoms with E-state index < -0.39 is 0 Å². The van der Waals surface area contributed by atoms with Crippen molar-refractivity contribution < 1.29 is 9.66 Å². The summed E-state index contributed by atoms with van der Waals surface area (Å²) in [6.45, 7) is 2.98. The topological polar surface area (TPSA) is 55.6 Å². The fourth-order valence-electron chi connectivity index (χ4n) is 5.15. The molecule has 2 aliphatic heterocycles. The summed E-state index contributed by atoms with van der Waals surface area (Å²) in [6.07, 6.45) is 4.43. The molecule has 2 heterocycles. The van der Waals surface area contributed by atoms with E-state index in [1.807, 2.05) is 0 Å². The quantitative estimate of drug-likeness (QED) is 0.567. The van der Waals surface area contributed by atoms with Crippen molar-refractivity contribution >= 4 is 11.4 Å². The summed E-state index contributed by atoms with van der Waals surface area (Å²) in [6, 6.07) is 13.5. The first-order chi connectivity index (χ1) is 12.1. The molecule has 0 saturated heterocycles. The maximum Gasteiger partial charge on any atom is 0.270 e. The van der Waals surface area contributed by atoms with E-state index in [9.17, 15) is 10.1 Å². The monoisotopic (exact) mass is 336 g/mol. The number of hydrogen-bond donors (Lipinski definition) is 0. The van der Waals surface area contributed by atoms with Crippen LogP contribution in [-0.4, -0.2) is 10.6 Å². The molecule has 5 rings (SSSR count). The number of nitro groups is 1. The van der Waals surface area contributed by atoms with E-state index in [-0.39, 0.29) is 21.8 Å². The van der Waals surface area contributed by atoms with Gasteiger partial charge in [-0.1, -0.05) is 24.6 Å². The lowest BCUT2D eigenvalue weighted by Gasteiger charge is -2.53. The largest absolute Gasteiger partial charge is 0.467 e. The van der Waals surface area contributed by atoms with Crippen LogP contribution in [0.3, 0.4) is 0 Å². The Morgan fingerprint density at radius 3 is 2.80 bits per heavy atom. The molecule has 2 atom stereocenters. The smallest absolute Gasteiger partial charge is 0.270 e. The molecule has 128 valence electrons. The Hall–Kier alpha value is -2.56. The number of nitro benzene ring substituents is 1. The van der Waals surface area contributed by atoms with Gasteiger partial charge in [0.2, 0.25) is 0 Å². The third-order valence-corrected chi connectivity index (χ3v) is 6.39. The second kappa shape index (κ2) is 4.75. The molecule has 2 aromatic carbocycles. The van der Waals surface area contributed by atoms with Crippen molar-refractivity contribution in [3.05, 3.63) is 63.7 Å². The van der Waals surface area contributed by atoms with Crippen molar-refractivity contribution in [3.8, 4) is 5.75 Å². The van der Waals surface area contributed by atoms with E-state index >= 15 is 0 Å². The van der Waals surface area contributed by atoms with E-state index in [1.165, 1.54) is 17.7 Å². The first kappa shape index (κ1) is 14.8. The minimum Gasteiger partial charge on any atom is -0.467 e. The molecule has 0 aromatic heterocycles. The molecule has 5 nitrogen and oxygen atoms in total. The van der Waals surface area contributed by atoms with Crippen molar-refractivity contribution in [3.63, 3.8) is 0 Å². The number of hydrogen-bond acceptors (Lipinski definition) is 4. The van der Waals surface area contributed by atoms with Crippen LogP contribution in [-0.2, 0) is 12.0 Å². The Morgan fingerprint density at radius 2 is 1.96 bits per heavy atom. The zero-order valence-electron chi connectivity index (χ0n) is 14.2. The van der Waals surface area contributed by atoms with Crippen molar-refractivity contribution in [2.45, 2.75) is 50.3 Å². The van der Waals surface area contributed by atoms with Gasteiger partial charge in [-0.25, -0.2) is 0 Å². The maximum absolute atomic E-state index is 11.1. The average Bonchev–Trinajstić information content (AvgIpc) is 2.85. The maximum atomic E-state index is 11.1. The highest BCUT2D eigenvalue weighted by Gasteiger charge is 2.63. The Morgan fingerprint density at radius 1 is 1.16 bits per heavy atom. The highest BCUT2D eigenvalue weighted by molar-refractivity contribution is 5.68. The Kier molecular flexibility index (Phi) is 2.80. The number of fused-ring (bicyclic) bond motifs is 4. The van der Waals surface area contributed by atoms with Crippen LogP contribution < -0.4 is 9.64 Å². The number of ether oxygens (including phenoxy) is 1. The number of nitrogens with zero attached hydrogens (tertiary/aromatic N) is 2. The highest BCUT2D eigenvalue weighted by atomic mass is 16.6. The van der Waals surface area contributed by atoms with Crippen LogP contribution in [0.5, 0.6) is 5.75 Å². The summed E-state index contributed by atoms with van der Waals surface area (Å²) in [7, 11) is 0. The summed E-state index contributed by atoms with van der Waals surface area (Å²) in [4.78, 5) is 13.2. The third kappa shape index (κ3) is 1.73. The van der Waals surface area contributed by atoms with Gasteiger partial charge in [0.15, 0.2) is 5.72 Å². The molecule has 1 aliphatic carbocycles. The molecule has 1 spiro atoms. The van der Waals surface area contributed by atoms with Crippen LogP contribution in [0, 0.1) is 10.1 Å².